The Hall–Kier alpha value is -4.60. The molecule has 0 fully saturated rings. The maximum absolute atomic E-state index is 13.8. The van der Waals surface area contributed by atoms with Gasteiger partial charge in [0, 0.05) is 6.92 Å². The van der Waals surface area contributed by atoms with Crippen molar-refractivity contribution in [3.05, 3.63) is 82.5 Å². The van der Waals surface area contributed by atoms with Crippen LogP contribution < -0.4 is 16.6 Å². The average molecular weight is 469 g/mol. The van der Waals surface area contributed by atoms with E-state index in [4.69, 9.17) is 15.1 Å². The molecule has 10 nitrogen and oxygen atoms in total. The smallest absolute Gasteiger partial charge is 0.266 e. The number of para-hydroxylation sites is 1. The fraction of sp³-hybridized carbons (Fsp3) is 0.200. The second-order valence-electron chi connectivity index (χ2n) is 8.13. The van der Waals surface area contributed by atoms with Crippen molar-refractivity contribution in [2.75, 3.05) is 11.1 Å². The third-order valence-electron chi connectivity index (χ3n) is 5.79. The highest BCUT2D eigenvalue weighted by Crippen LogP contribution is 2.33. The lowest BCUT2D eigenvalue weighted by Gasteiger charge is -2.23. The topological polar surface area (TPSA) is 138 Å². The van der Waals surface area contributed by atoms with Gasteiger partial charge in [0.1, 0.15) is 29.4 Å². The molecule has 5 aromatic rings. The summed E-state index contributed by atoms with van der Waals surface area (Å²) >= 11 is 0. The van der Waals surface area contributed by atoms with E-state index in [-0.39, 0.29) is 17.3 Å². The normalized spacial score (nSPS) is 12.1. The Bertz CT molecular complexity index is 1580. The first-order valence-electron chi connectivity index (χ1n) is 11.2. The van der Waals surface area contributed by atoms with Crippen molar-refractivity contribution in [3.8, 4) is 17.1 Å². The molecule has 0 radical (unpaired) electrons. The summed E-state index contributed by atoms with van der Waals surface area (Å²) in [7, 11) is 0. The molecule has 3 heterocycles. The molecule has 10 heteroatoms. The van der Waals surface area contributed by atoms with Gasteiger partial charge in [-0.3, -0.25) is 9.36 Å². The maximum Gasteiger partial charge on any atom is 0.266 e. The van der Waals surface area contributed by atoms with Crippen LogP contribution in [0, 0.1) is 13.8 Å². The van der Waals surface area contributed by atoms with Gasteiger partial charge in [-0.15, -0.1) is 10.2 Å². The van der Waals surface area contributed by atoms with Gasteiger partial charge in [0.25, 0.3) is 11.4 Å². The van der Waals surface area contributed by atoms with E-state index in [1.54, 1.807) is 11.5 Å². The van der Waals surface area contributed by atoms with Crippen LogP contribution in [0.3, 0.4) is 0 Å². The first kappa shape index (κ1) is 22.2. The number of nitrogens with one attached hydrogen (secondary N) is 1. The molecule has 0 bridgehead atoms. The number of aryl methyl sites for hydroxylation is 2. The second-order valence-corrected chi connectivity index (χ2v) is 8.13. The first-order chi connectivity index (χ1) is 17.0. The van der Waals surface area contributed by atoms with E-state index >= 15 is 0 Å². The fourth-order valence-corrected chi connectivity index (χ4v) is 4.10. The minimum Gasteiger partial charge on any atom is -0.421 e. The van der Waals surface area contributed by atoms with Gasteiger partial charge in [0.05, 0.1) is 22.6 Å². The zero-order valence-electron chi connectivity index (χ0n) is 19.6. The summed E-state index contributed by atoms with van der Waals surface area (Å²) in [4.78, 5) is 27.2. The van der Waals surface area contributed by atoms with Crippen molar-refractivity contribution in [1.82, 2.24) is 29.7 Å². The van der Waals surface area contributed by atoms with Crippen molar-refractivity contribution in [1.29, 1.82) is 0 Å². The van der Waals surface area contributed by atoms with Gasteiger partial charge in [-0.1, -0.05) is 37.3 Å². The summed E-state index contributed by atoms with van der Waals surface area (Å²) in [5.41, 5.74) is 8.65. The number of nitrogen functional groups attached to an aromatic ring is 1. The minimum absolute atomic E-state index is 0.135. The summed E-state index contributed by atoms with van der Waals surface area (Å²) in [5, 5.41) is 12.0. The fourth-order valence-electron chi connectivity index (χ4n) is 4.10. The Morgan fingerprint density at radius 2 is 1.86 bits per heavy atom. The molecular weight excluding hydrogens is 444 g/mol. The van der Waals surface area contributed by atoms with E-state index in [1.807, 2.05) is 62.4 Å². The van der Waals surface area contributed by atoms with Crippen LogP contribution in [0.15, 0.2) is 64.1 Å². The largest absolute Gasteiger partial charge is 0.421 e. The van der Waals surface area contributed by atoms with Gasteiger partial charge in [0.2, 0.25) is 5.89 Å². The third-order valence-corrected chi connectivity index (χ3v) is 5.79. The van der Waals surface area contributed by atoms with Crippen LogP contribution in [0.5, 0.6) is 0 Å². The number of rotatable bonds is 6. The summed E-state index contributed by atoms with van der Waals surface area (Å²) in [6, 6.07) is 14.7. The van der Waals surface area contributed by atoms with E-state index in [0.717, 1.165) is 11.3 Å². The molecule has 35 heavy (non-hydrogen) atoms. The Kier molecular flexibility index (Phi) is 5.69. The van der Waals surface area contributed by atoms with Crippen LogP contribution in [0.2, 0.25) is 0 Å². The van der Waals surface area contributed by atoms with Crippen LogP contribution in [0.1, 0.15) is 36.7 Å². The molecule has 5 rings (SSSR count). The zero-order chi connectivity index (χ0) is 24.5. The summed E-state index contributed by atoms with van der Waals surface area (Å²) < 4.78 is 7.25. The molecule has 0 saturated carbocycles. The number of fused-ring (bicyclic) bond motifs is 1. The molecule has 0 unspecified atom stereocenters. The SMILES string of the molecule is CC[C@H](Nc1ncnc(N)c1-c1nnc(C)o1)c1nc2cccc(C)c2c(=O)n1-c1ccccc1. The lowest BCUT2D eigenvalue weighted by atomic mass is 10.1. The molecule has 3 N–H and O–H groups in total. The molecule has 0 aliphatic heterocycles. The van der Waals surface area contributed by atoms with Gasteiger partial charge >= 0.3 is 0 Å². The van der Waals surface area contributed by atoms with Gasteiger partial charge in [-0.05, 0) is 37.1 Å². The van der Waals surface area contributed by atoms with Crippen LogP contribution in [-0.2, 0) is 0 Å². The third kappa shape index (κ3) is 3.99. The highest BCUT2D eigenvalue weighted by Gasteiger charge is 2.24. The molecule has 0 aliphatic carbocycles. The lowest BCUT2D eigenvalue weighted by molar-refractivity contribution is 0.532. The predicted molar refractivity (Wildman–Crippen MR) is 133 cm³/mol. The highest BCUT2D eigenvalue weighted by molar-refractivity contribution is 5.82. The van der Waals surface area contributed by atoms with Crippen LogP contribution in [-0.4, -0.2) is 29.7 Å². The number of aromatic nitrogens is 6. The maximum atomic E-state index is 13.8. The van der Waals surface area contributed by atoms with Crippen molar-refractivity contribution in [2.24, 2.45) is 0 Å². The number of benzene rings is 2. The number of hydrogen-bond acceptors (Lipinski definition) is 9. The van der Waals surface area contributed by atoms with Crippen LogP contribution in [0.4, 0.5) is 11.6 Å². The Labute approximate surface area is 200 Å². The Morgan fingerprint density at radius 3 is 2.57 bits per heavy atom. The monoisotopic (exact) mass is 468 g/mol. The lowest BCUT2D eigenvalue weighted by Crippen LogP contribution is -2.28. The van der Waals surface area contributed by atoms with Crippen LogP contribution in [0.25, 0.3) is 28.0 Å². The number of nitrogens with zero attached hydrogens (tertiary/aromatic N) is 6. The van der Waals surface area contributed by atoms with E-state index in [9.17, 15) is 4.79 Å². The van der Waals surface area contributed by atoms with Gasteiger partial charge in [0.15, 0.2) is 0 Å². The first-order valence-corrected chi connectivity index (χ1v) is 11.2. The standard InChI is InChI=1S/C25H24N8O2/c1-4-17(29-22-20(21(26)27-13-28-22)24-32-31-15(3)35-24)23-30-18-12-8-9-14(2)19(18)25(34)33(23)16-10-6-5-7-11-16/h5-13,17H,4H2,1-3H3,(H3,26,27,28,29)/t17-/m0/s1. The highest BCUT2D eigenvalue weighted by atomic mass is 16.4. The summed E-state index contributed by atoms with van der Waals surface area (Å²) in [6.45, 7) is 5.61. The van der Waals surface area contributed by atoms with Gasteiger partial charge in [-0.25, -0.2) is 15.0 Å². The Morgan fingerprint density at radius 1 is 1.06 bits per heavy atom. The molecule has 176 valence electrons. The summed E-state index contributed by atoms with van der Waals surface area (Å²) in [6.07, 6.45) is 1.96. The van der Waals surface area contributed by atoms with Crippen molar-refractivity contribution >= 4 is 22.5 Å². The minimum atomic E-state index is -0.398. The molecule has 2 aromatic carbocycles. The van der Waals surface area contributed by atoms with Crippen LogP contribution >= 0.6 is 0 Å². The second kappa shape index (κ2) is 8.98. The predicted octanol–water partition coefficient (Wildman–Crippen LogP) is 3.99. The number of anilines is 2. The molecule has 0 amide bonds. The van der Waals surface area contributed by atoms with Gasteiger partial charge < -0.3 is 15.5 Å². The zero-order valence-corrected chi connectivity index (χ0v) is 19.6. The van der Waals surface area contributed by atoms with E-state index in [1.165, 1.54) is 6.33 Å². The van der Waals surface area contributed by atoms with E-state index in [2.05, 4.69) is 25.5 Å². The van der Waals surface area contributed by atoms with Crippen molar-refractivity contribution < 1.29 is 4.42 Å². The van der Waals surface area contributed by atoms with E-state index < -0.39 is 6.04 Å². The Balaban J connectivity index is 1.71. The van der Waals surface area contributed by atoms with Crippen molar-refractivity contribution in [2.45, 2.75) is 33.2 Å². The van der Waals surface area contributed by atoms with E-state index in [0.29, 0.717) is 40.4 Å². The number of nitrogens with two attached hydrogens (primary N) is 1. The quantitative estimate of drug-likeness (QED) is 0.379. The molecule has 0 saturated heterocycles. The molecule has 0 aliphatic rings. The van der Waals surface area contributed by atoms with Crippen molar-refractivity contribution in [3.63, 3.8) is 0 Å². The average Bonchev–Trinajstić information content (AvgIpc) is 3.28. The summed E-state index contributed by atoms with van der Waals surface area (Å²) in [5.74, 6) is 1.76. The molecule has 3 aromatic heterocycles. The molecule has 1 atom stereocenters. The molecular formula is C25H24N8O2. The molecule has 0 spiro atoms. The number of hydrogen-bond donors (Lipinski definition) is 2. The van der Waals surface area contributed by atoms with Gasteiger partial charge in [-0.2, -0.15) is 0 Å².